The Morgan fingerprint density at radius 2 is 1.75 bits per heavy atom. The molecular weight excluding hydrogens is 156 g/mol. The molecule has 0 bridgehead atoms. The second kappa shape index (κ2) is 6.14. The first-order valence-electron chi connectivity index (χ1n) is 4.40. The molecule has 3 heteroatoms. The molecule has 0 aromatic heterocycles. The second-order valence-corrected chi connectivity index (χ2v) is 2.71. The first kappa shape index (κ1) is 11.6. The van der Waals surface area contributed by atoms with Gasteiger partial charge in [-0.2, -0.15) is 0 Å². The Morgan fingerprint density at radius 1 is 1.25 bits per heavy atom. The first-order chi connectivity index (χ1) is 5.68. The van der Waals surface area contributed by atoms with Gasteiger partial charge in [-0.3, -0.25) is 0 Å². The van der Waals surface area contributed by atoms with Crippen LogP contribution in [-0.2, 0) is 14.3 Å². The van der Waals surface area contributed by atoms with E-state index in [2.05, 4.69) is 0 Å². The molecule has 0 saturated heterocycles. The zero-order valence-corrected chi connectivity index (χ0v) is 8.13. The van der Waals surface area contributed by atoms with Crippen molar-refractivity contribution in [3.05, 3.63) is 0 Å². The molecule has 0 aromatic carbocycles. The molecule has 3 nitrogen and oxygen atoms in total. The highest BCUT2D eigenvalue weighted by Crippen LogP contribution is 2.18. The van der Waals surface area contributed by atoms with Crippen LogP contribution in [0.15, 0.2) is 0 Å². The maximum absolute atomic E-state index is 10.1. The topological polar surface area (TPSA) is 35.5 Å². The zero-order valence-electron chi connectivity index (χ0n) is 8.13. The molecule has 0 radical (unpaired) electrons. The molecule has 12 heavy (non-hydrogen) atoms. The van der Waals surface area contributed by atoms with E-state index in [0.29, 0.717) is 26.1 Å². The average Bonchev–Trinajstić information content (AvgIpc) is 2.02. The third-order valence-corrected chi connectivity index (χ3v) is 1.62. The summed E-state index contributed by atoms with van der Waals surface area (Å²) in [6, 6.07) is 0. The van der Waals surface area contributed by atoms with Crippen molar-refractivity contribution in [1.82, 2.24) is 0 Å². The molecule has 0 aliphatic carbocycles. The van der Waals surface area contributed by atoms with E-state index >= 15 is 0 Å². The van der Waals surface area contributed by atoms with Gasteiger partial charge in [0.15, 0.2) is 5.79 Å². The van der Waals surface area contributed by atoms with Crippen molar-refractivity contribution in [3.8, 4) is 0 Å². The number of hydrogen-bond donors (Lipinski definition) is 0. The summed E-state index contributed by atoms with van der Waals surface area (Å²) in [5, 5.41) is 0. The van der Waals surface area contributed by atoms with Crippen molar-refractivity contribution in [1.29, 1.82) is 0 Å². The Balaban J connectivity index is 3.88. The van der Waals surface area contributed by atoms with Crippen LogP contribution in [0.4, 0.5) is 0 Å². The van der Waals surface area contributed by atoms with Gasteiger partial charge in [0, 0.05) is 26.1 Å². The fourth-order valence-electron chi connectivity index (χ4n) is 1.12. The average molecular weight is 174 g/mol. The summed E-state index contributed by atoms with van der Waals surface area (Å²) in [6.07, 6.45) is 1.99. The lowest BCUT2D eigenvalue weighted by Gasteiger charge is -2.28. The molecule has 0 amide bonds. The lowest BCUT2D eigenvalue weighted by Crippen LogP contribution is -2.32. The minimum absolute atomic E-state index is 0.483. The molecule has 0 saturated carbocycles. The molecule has 0 atom stereocenters. The number of hydrogen-bond acceptors (Lipinski definition) is 3. The minimum Gasteiger partial charge on any atom is -0.351 e. The number of rotatable bonds is 7. The highest BCUT2D eigenvalue weighted by Gasteiger charge is 2.23. The first-order valence-corrected chi connectivity index (χ1v) is 4.40. The second-order valence-electron chi connectivity index (χ2n) is 2.71. The Bertz CT molecular complexity index is 117. The summed E-state index contributed by atoms with van der Waals surface area (Å²) >= 11 is 0. The summed E-state index contributed by atoms with van der Waals surface area (Å²) in [6.45, 7) is 6.91. The van der Waals surface area contributed by atoms with Gasteiger partial charge in [-0.25, -0.2) is 0 Å². The minimum atomic E-state index is -0.579. The third kappa shape index (κ3) is 4.46. The Hall–Kier alpha value is -0.410. The van der Waals surface area contributed by atoms with Crippen LogP contribution < -0.4 is 0 Å². The van der Waals surface area contributed by atoms with Crippen molar-refractivity contribution in [2.24, 2.45) is 0 Å². The number of carbonyl (C=O) groups excluding carboxylic acids is 1. The largest absolute Gasteiger partial charge is 0.351 e. The Kier molecular flexibility index (Phi) is 5.93. The number of ether oxygens (including phenoxy) is 2. The lowest BCUT2D eigenvalue weighted by atomic mass is 10.2. The fourth-order valence-corrected chi connectivity index (χ4v) is 1.12. The molecule has 0 heterocycles. The smallest absolute Gasteiger partial charge is 0.165 e. The highest BCUT2D eigenvalue weighted by atomic mass is 16.7. The van der Waals surface area contributed by atoms with Crippen LogP contribution in [0.2, 0.25) is 0 Å². The molecule has 0 aromatic rings. The summed E-state index contributed by atoms with van der Waals surface area (Å²) in [7, 11) is 0. The van der Waals surface area contributed by atoms with Gasteiger partial charge < -0.3 is 14.3 Å². The van der Waals surface area contributed by atoms with Crippen LogP contribution >= 0.6 is 0 Å². The fraction of sp³-hybridized carbons (Fsp3) is 0.889. The summed E-state index contributed by atoms with van der Waals surface area (Å²) in [4.78, 5) is 10.1. The van der Waals surface area contributed by atoms with Gasteiger partial charge in [0.25, 0.3) is 0 Å². The number of carbonyl (C=O) groups is 1. The van der Waals surface area contributed by atoms with E-state index in [1.165, 1.54) is 0 Å². The standard InChI is InChI=1S/C9H18O3/c1-4-11-9(3,12-5-2)7-6-8-10/h8H,4-7H2,1-3H3. The molecular formula is C9H18O3. The molecule has 0 N–H and O–H groups in total. The van der Waals surface area contributed by atoms with Gasteiger partial charge >= 0.3 is 0 Å². The van der Waals surface area contributed by atoms with Crippen molar-refractivity contribution >= 4 is 6.29 Å². The van der Waals surface area contributed by atoms with Crippen LogP contribution in [0.5, 0.6) is 0 Å². The van der Waals surface area contributed by atoms with E-state index in [1.54, 1.807) is 0 Å². The molecule has 0 aliphatic heterocycles. The van der Waals surface area contributed by atoms with E-state index in [1.807, 2.05) is 20.8 Å². The molecule has 0 fully saturated rings. The number of aldehydes is 1. The quantitative estimate of drug-likeness (QED) is 0.436. The molecule has 0 unspecified atom stereocenters. The van der Waals surface area contributed by atoms with Crippen LogP contribution in [0.1, 0.15) is 33.6 Å². The third-order valence-electron chi connectivity index (χ3n) is 1.62. The van der Waals surface area contributed by atoms with Gasteiger partial charge in [0.05, 0.1) is 0 Å². The van der Waals surface area contributed by atoms with Crippen molar-refractivity contribution in [2.75, 3.05) is 13.2 Å². The van der Waals surface area contributed by atoms with Crippen LogP contribution in [0.25, 0.3) is 0 Å². The maximum Gasteiger partial charge on any atom is 0.165 e. The Labute approximate surface area is 74.0 Å². The van der Waals surface area contributed by atoms with Gasteiger partial charge in [-0.1, -0.05) is 0 Å². The lowest BCUT2D eigenvalue weighted by molar-refractivity contribution is -0.224. The Morgan fingerprint density at radius 3 is 2.08 bits per heavy atom. The van der Waals surface area contributed by atoms with Crippen molar-refractivity contribution in [3.63, 3.8) is 0 Å². The van der Waals surface area contributed by atoms with Crippen molar-refractivity contribution in [2.45, 2.75) is 39.4 Å². The van der Waals surface area contributed by atoms with E-state index < -0.39 is 5.79 Å². The van der Waals surface area contributed by atoms with Crippen molar-refractivity contribution < 1.29 is 14.3 Å². The van der Waals surface area contributed by atoms with Crippen LogP contribution in [-0.4, -0.2) is 25.3 Å². The summed E-state index contributed by atoms with van der Waals surface area (Å²) in [5.74, 6) is -0.579. The maximum atomic E-state index is 10.1. The van der Waals surface area contributed by atoms with E-state index in [9.17, 15) is 4.79 Å². The summed E-state index contributed by atoms with van der Waals surface area (Å²) < 4.78 is 10.8. The van der Waals surface area contributed by atoms with Gasteiger partial charge in [0.1, 0.15) is 6.29 Å². The van der Waals surface area contributed by atoms with Crippen LogP contribution in [0, 0.1) is 0 Å². The highest BCUT2D eigenvalue weighted by molar-refractivity contribution is 5.49. The predicted octanol–water partition coefficient (Wildman–Crippen LogP) is 1.75. The summed E-state index contributed by atoms with van der Waals surface area (Å²) in [5.41, 5.74) is 0. The molecule has 0 spiro atoms. The molecule has 0 rings (SSSR count). The van der Waals surface area contributed by atoms with E-state index in [4.69, 9.17) is 9.47 Å². The van der Waals surface area contributed by atoms with E-state index in [0.717, 1.165) is 6.29 Å². The van der Waals surface area contributed by atoms with Gasteiger partial charge in [-0.05, 0) is 20.8 Å². The zero-order chi connectivity index (χ0) is 9.45. The SMILES string of the molecule is CCOC(C)(CCC=O)OCC. The van der Waals surface area contributed by atoms with Crippen LogP contribution in [0.3, 0.4) is 0 Å². The normalized spacial score (nSPS) is 11.6. The van der Waals surface area contributed by atoms with E-state index in [-0.39, 0.29) is 0 Å². The monoisotopic (exact) mass is 174 g/mol. The molecule has 0 aliphatic rings. The van der Waals surface area contributed by atoms with Gasteiger partial charge in [0.2, 0.25) is 0 Å². The van der Waals surface area contributed by atoms with Gasteiger partial charge in [-0.15, -0.1) is 0 Å². The predicted molar refractivity (Wildman–Crippen MR) is 47.0 cm³/mol. The molecule has 72 valence electrons.